The summed E-state index contributed by atoms with van der Waals surface area (Å²) in [5.74, 6) is -1.34. The molecule has 0 fully saturated rings. The lowest BCUT2D eigenvalue weighted by Crippen LogP contribution is -2.30. The third kappa shape index (κ3) is 74.7. The van der Waals surface area contributed by atoms with Crippen molar-refractivity contribution in [1.29, 1.82) is 0 Å². The predicted octanol–water partition coefficient (Wildman–Crippen LogP) is 24.8. The Kier molecular flexibility index (Phi) is 73.5. The highest BCUT2D eigenvalue weighted by Gasteiger charge is 2.30. The molecule has 0 radical (unpaired) electrons. The topological polar surface area (TPSA) is 237 Å². The van der Waals surface area contributed by atoms with Crippen molar-refractivity contribution in [3.05, 3.63) is 0 Å². The van der Waals surface area contributed by atoms with Crippen LogP contribution in [0.25, 0.3) is 0 Å². The highest BCUT2D eigenvalue weighted by Crippen LogP contribution is 2.45. The zero-order valence-corrected chi connectivity index (χ0v) is 67.8. The number of carbonyl (C=O) groups is 4. The Morgan fingerprint density at radius 3 is 0.703 bits per heavy atom. The fourth-order valence-electron chi connectivity index (χ4n) is 12.7. The van der Waals surface area contributed by atoms with Gasteiger partial charge in [0.1, 0.15) is 19.3 Å². The second kappa shape index (κ2) is 74.9. The lowest BCUT2D eigenvalue weighted by molar-refractivity contribution is -0.161. The van der Waals surface area contributed by atoms with Crippen LogP contribution in [0, 0.1) is 5.92 Å². The number of aliphatic hydroxyl groups is 1. The van der Waals surface area contributed by atoms with Crippen LogP contribution in [-0.2, 0) is 65.4 Å². The van der Waals surface area contributed by atoms with Gasteiger partial charge in [-0.3, -0.25) is 37.3 Å². The van der Waals surface area contributed by atoms with Gasteiger partial charge >= 0.3 is 39.5 Å². The lowest BCUT2D eigenvalue weighted by atomic mass is 9.99. The van der Waals surface area contributed by atoms with Crippen molar-refractivity contribution in [2.45, 2.75) is 457 Å². The molecule has 0 aliphatic heterocycles. The molecule has 0 aromatic carbocycles. The van der Waals surface area contributed by atoms with Gasteiger partial charge in [-0.1, -0.05) is 388 Å². The van der Waals surface area contributed by atoms with E-state index >= 15 is 0 Å². The van der Waals surface area contributed by atoms with Crippen LogP contribution in [-0.4, -0.2) is 96.7 Å². The molecule has 6 atom stereocenters. The number of hydrogen-bond acceptors (Lipinski definition) is 15. The van der Waals surface area contributed by atoms with E-state index in [0.717, 1.165) is 109 Å². The Morgan fingerprint density at radius 2 is 0.475 bits per heavy atom. The van der Waals surface area contributed by atoms with Crippen molar-refractivity contribution in [1.82, 2.24) is 0 Å². The maximum absolute atomic E-state index is 13.1. The number of unbranched alkanes of at least 4 members (excludes halogenated alkanes) is 53. The smallest absolute Gasteiger partial charge is 0.462 e. The number of carbonyl (C=O) groups excluding carboxylic acids is 4. The molecule has 3 N–H and O–H groups in total. The number of hydrogen-bond donors (Lipinski definition) is 3. The van der Waals surface area contributed by atoms with Crippen LogP contribution in [0.1, 0.15) is 439 Å². The van der Waals surface area contributed by atoms with Crippen LogP contribution in [0.15, 0.2) is 0 Å². The summed E-state index contributed by atoms with van der Waals surface area (Å²) in [5.41, 5.74) is 0. The average Bonchev–Trinajstić information content (AvgIpc) is 0.960. The van der Waals surface area contributed by atoms with Crippen molar-refractivity contribution in [3.8, 4) is 0 Å². The molecule has 600 valence electrons. The van der Waals surface area contributed by atoms with E-state index < -0.39 is 97.5 Å². The summed E-state index contributed by atoms with van der Waals surface area (Å²) in [5, 5.41) is 10.6. The van der Waals surface area contributed by atoms with E-state index in [-0.39, 0.29) is 25.7 Å². The summed E-state index contributed by atoms with van der Waals surface area (Å²) in [6.45, 7) is 7.28. The molecule has 101 heavy (non-hydrogen) atoms. The van der Waals surface area contributed by atoms with Gasteiger partial charge in [-0.25, -0.2) is 9.13 Å². The summed E-state index contributed by atoms with van der Waals surface area (Å²) in [7, 11) is -9.91. The quantitative estimate of drug-likeness (QED) is 0.0222. The average molecular weight is 1480 g/mol. The van der Waals surface area contributed by atoms with Gasteiger partial charge < -0.3 is 33.8 Å². The molecular formula is C82H160O17P2. The zero-order chi connectivity index (χ0) is 74.1. The maximum Gasteiger partial charge on any atom is 0.472 e. The van der Waals surface area contributed by atoms with Crippen LogP contribution in [0.4, 0.5) is 0 Å². The van der Waals surface area contributed by atoms with E-state index in [4.69, 9.17) is 37.0 Å². The molecule has 0 saturated heterocycles. The number of rotatable bonds is 82. The number of ether oxygens (including phenoxy) is 4. The van der Waals surface area contributed by atoms with Gasteiger partial charge in [0.2, 0.25) is 0 Å². The van der Waals surface area contributed by atoms with Crippen molar-refractivity contribution < 1.29 is 80.2 Å². The van der Waals surface area contributed by atoms with Crippen molar-refractivity contribution in [2.24, 2.45) is 5.92 Å². The first-order chi connectivity index (χ1) is 49.1. The highest BCUT2D eigenvalue weighted by molar-refractivity contribution is 7.47. The van der Waals surface area contributed by atoms with E-state index in [1.807, 2.05) is 0 Å². The number of phosphoric ester groups is 2. The molecule has 3 unspecified atom stereocenters. The summed E-state index contributed by atoms with van der Waals surface area (Å²) in [6, 6.07) is 0. The van der Waals surface area contributed by atoms with E-state index in [0.29, 0.717) is 25.7 Å². The summed E-state index contributed by atoms with van der Waals surface area (Å²) < 4.78 is 68.6. The van der Waals surface area contributed by atoms with Gasteiger partial charge in [-0.05, 0) is 31.6 Å². The summed E-state index contributed by atoms with van der Waals surface area (Å²) >= 11 is 0. The van der Waals surface area contributed by atoms with Crippen LogP contribution in [0.3, 0.4) is 0 Å². The van der Waals surface area contributed by atoms with Gasteiger partial charge in [0.25, 0.3) is 0 Å². The summed E-state index contributed by atoms with van der Waals surface area (Å²) in [6.07, 6.45) is 67.0. The van der Waals surface area contributed by atoms with Crippen LogP contribution in [0.2, 0.25) is 0 Å². The minimum Gasteiger partial charge on any atom is -0.462 e. The molecule has 0 amide bonds. The second-order valence-electron chi connectivity index (χ2n) is 29.8. The van der Waals surface area contributed by atoms with Gasteiger partial charge in [-0.2, -0.15) is 0 Å². The van der Waals surface area contributed by atoms with Gasteiger partial charge in [0, 0.05) is 25.7 Å². The molecule has 0 spiro atoms. The fourth-order valence-corrected chi connectivity index (χ4v) is 14.3. The Labute approximate surface area is 619 Å². The lowest BCUT2D eigenvalue weighted by Gasteiger charge is -2.21. The second-order valence-corrected chi connectivity index (χ2v) is 32.7. The van der Waals surface area contributed by atoms with Crippen LogP contribution in [0.5, 0.6) is 0 Å². The van der Waals surface area contributed by atoms with Crippen molar-refractivity contribution in [2.75, 3.05) is 39.6 Å². The number of phosphoric acid groups is 2. The molecule has 19 heteroatoms. The molecule has 0 rings (SSSR count). The Hall–Kier alpha value is -1.94. The zero-order valence-electron chi connectivity index (χ0n) is 66.1. The van der Waals surface area contributed by atoms with Crippen LogP contribution < -0.4 is 0 Å². The normalized spacial score (nSPS) is 14.1. The number of esters is 4. The van der Waals surface area contributed by atoms with Crippen LogP contribution >= 0.6 is 15.6 Å². The minimum absolute atomic E-state index is 0.105. The van der Waals surface area contributed by atoms with E-state index in [1.54, 1.807) is 0 Å². The minimum atomic E-state index is -4.96. The molecule has 17 nitrogen and oxygen atoms in total. The molecule has 0 saturated carbocycles. The first kappa shape index (κ1) is 99.1. The Morgan fingerprint density at radius 1 is 0.277 bits per heavy atom. The third-order valence-electron chi connectivity index (χ3n) is 19.6. The van der Waals surface area contributed by atoms with Gasteiger partial charge in [0.15, 0.2) is 12.2 Å². The monoisotopic (exact) mass is 1480 g/mol. The molecule has 0 aliphatic rings. The van der Waals surface area contributed by atoms with Crippen molar-refractivity contribution in [3.63, 3.8) is 0 Å². The fraction of sp³-hybridized carbons (Fsp3) is 0.951. The van der Waals surface area contributed by atoms with Gasteiger partial charge in [-0.15, -0.1) is 0 Å². The largest absolute Gasteiger partial charge is 0.472 e. The molecular weight excluding hydrogens is 1320 g/mol. The first-order valence-electron chi connectivity index (χ1n) is 42.7. The predicted molar refractivity (Wildman–Crippen MR) is 414 cm³/mol. The maximum atomic E-state index is 13.1. The molecule has 0 aromatic heterocycles. The molecule has 0 aromatic rings. The molecule has 0 bridgehead atoms. The standard InChI is InChI=1S/C82H160O17P2/c1-6-10-13-16-19-21-23-25-27-29-31-33-35-37-39-41-43-45-51-56-61-66-80(85)93-72-78(98-81(86)67-62-57-52-46-44-42-40-38-36-34-32-30-28-26-24-22-20-17-14-11-7-2)74-97-101(90,91)95-70-76(83)69-94-100(88,89)96-73-77(71-92-79(84)65-60-55-49-18-15-12-8-3)99-82(87)68-63-58-53-48-47-50-54-59-64-75(5)9-4/h75-78,83H,6-74H2,1-5H3,(H,88,89)(H,90,91)/t75?,76-,77+,78+/m0/s1. The van der Waals surface area contributed by atoms with E-state index in [9.17, 15) is 43.2 Å². The summed E-state index contributed by atoms with van der Waals surface area (Å²) in [4.78, 5) is 72.9. The first-order valence-corrected chi connectivity index (χ1v) is 45.7. The Balaban J connectivity index is 5.15. The van der Waals surface area contributed by atoms with Gasteiger partial charge in [0.05, 0.1) is 26.4 Å². The SMILES string of the molecule is CCCCCCCCCCCCCCCCCCCCCCCC(=O)OC[C@H](COP(=O)(O)OC[C@@H](O)COP(=O)(O)OC[C@@H](COC(=O)CCCCCCCCC)OC(=O)CCCCCCCCCCC(C)CC)OC(=O)CCCCCCCCCCCCCCCCCCCCCCC. The number of aliphatic hydroxyl groups excluding tert-OH is 1. The van der Waals surface area contributed by atoms with E-state index in [1.165, 1.54) is 250 Å². The van der Waals surface area contributed by atoms with Crippen molar-refractivity contribution >= 4 is 39.5 Å². The van der Waals surface area contributed by atoms with E-state index in [2.05, 4.69) is 34.6 Å². The third-order valence-corrected chi connectivity index (χ3v) is 21.5. The molecule has 0 aliphatic carbocycles. The molecule has 0 heterocycles. The highest BCUT2D eigenvalue weighted by atomic mass is 31.2. The Bertz CT molecular complexity index is 1930.